The van der Waals surface area contributed by atoms with Crippen LogP contribution in [0.2, 0.25) is 0 Å². The molecule has 0 aliphatic heterocycles. The minimum absolute atomic E-state index is 0.0206. The molecular weight excluding hydrogens is 349 g/mol. The van der Waals surface area contributed by atoms with Crippen LogP contribution in [-0.2, 0) is 14.4 Å². The molecule has 6 nitrogen and oxygen atoms in total. The van der Waals surface area contributed by atoms with Gasteiger partial charge >= 0.3 is 0 Å². The molecule has 1 aromatic carbocycles. The van der Waals surface area contributed by atoms with Crippen LogP contribution < -0.4 is 16.0 Å². The van der Waals surface area contributed by atoms with E-state index >= 15 is 0 Å². The first-order valence-corrected chi connectivity index (χ1v) is 8.95. The Morgan fingerprint density at radius 3 is 2.74 bits per heavy atom. The van der Waals surface area contributed by atoms with Crippen molar-refractivity contribution in [2.75, 3.05) is 17.2 Å². The second-order valence-electron chi connectivity index (χ2n) is 6.31. The average Bonchev–Trinajstić information content (AvgIpc) is 2.68. The molecule has 0 saturated carbocycles. The molecule has 1 aromatic rings. The molecule has 2 rings (SSSR count). The molecular formula is C20H24FN3O3. The number of allylic oxidation sites excluding steroid dienone is 2. The summed E-state index contributed by atoms with van der Waals surface area (Å²) in [5.41, 5.74) is 0.338. The Hall–Kier alpha value is -2.96. The van der Waals surface area contributed by atoms with Gasteiger partial charge in [0.1, 0.15) is 5.82 Å². The summed E-state index contributed by atoms with van der Waals surface area (Å²) in [6, 6.07) is 3.91. The number of nitrogens with one attached hydrogen (secondary N) is 3. The van der Waals surface area contributed by atoms with Crippen LogP contribution >= 0.6 is 0 Å². The van der Waals surface area contributed by atoms with Crippen LogP contribution in [0.5, 0.6) is 0 Å². The highest BCUT2D eigenvalue weighted by Crippen LogP contribution is 2.20. The fourth-order valence-electron chi connectivity index (χ4n) is 2.74. The van der Waals surface area contributed by atoms with Crippen molar-refractivity contribution in [3.05, 3.63) is 48.8 Å². The van der Waals surface area contributed by atoms with Crippen molar-refractivity contribution >= 4 is 29.1 Å². The van der Waals surface area contributed by atoms with Gasteiger partial charge in [0.2, 0.25) is 17.7 Å². The summed E-state index contributed by atoms with van der Waals surface area (Å²) in [6.45, 7) is 3.73. The number of rotatable bonds is 8. The molecule has 0 saturated heterocycles. The predicted octanol–water partition coefficient (Wildman–Crippen LogP) is 3.14. The maximum absolute atomic E-state index is 13.7. The highest BCUT2D eigenvalue weighted by molar-refractivity contribution is 5.99. The molecule has 144 valence electrons. The smallest absolute Gasteiger partial charge is 0.247 e. The maximum Gasteiger partial charge on any atom is 0.247 e. The number of benzene rings is 1. The van der Waals surface area contributed by atoms with Gasteiger partial charge in [-0.25, -0.2) is 4.39 Å². The minimum Gasteiger partial charge on any atom is -0.356 e. The molecule has 7 heteroatoms. The number of carbonyl (C=O) groups is 3. The minimum atomic E-state index is -0.608. The van der Waals surface area contributed by atoms with E-state index in [9.17, 15) is 18.8 Å². The number of hydrogen-bond acceptors (Lipinski definition) is 3. The molecule has 0 bridgehead atoms. The largest absolute Gasteiger partial charge is 0.356 e. The van der Waals surface area contributed by atoms with E-state index in [-0.39, 0.29) is 29.8 Å². The van der Waals surface area contributed by atoms with Crippen molar-refractivity contribution in [2.45, 2.75) is 32.1 Å². The van der Waals surface area contributed by atoms with Crippen molar-refractivity contribution < 1.29 is 18.8 Å². The Morgan fingerprint density at radius 1 is 1.22 bits per heavy atom. The number of anilines is 2. The van der Waals surface area contributed by atoms with Gasteiger partial charge in [0.15, 0.2) is 0 Å². The highest BCUT2D eigenvalue weighted by atomic mass is 19.1. The van der Waals surface area contributed by atoms with Crippen LogP contribution in [0, 0.1) is 11.7 Å². The van der Waals surface area contributed by atoms with E-state index in [2.05, 4.69) is 28.6 Å². The summed E-state index contributed by atoms with van der Waals surface area (Å²) in [7, 11) is 0. The Morgan fingerprint density at radius 2 is 2.04 bits per heavy atom. The molecule has 1 atom stereocenters. The van der Waals surface area contributed by atoms with Crippen LogP contribution in [0.4, 0.5) is 15.8 Å². The Kier molecular flexibility index (Phi) is 7.73. The van der Waals surface area contributed by atoms with E-state index in [4.69, 9.17) is 0 Å². The first-order chi connectivity index (χ1) is 13.0. The van der Waals surface area contributed by atoms with Crippen molar-refractivity contribution in [2.24, 2.45) is 5.92 Å². The lowest BCUT2D eigenvalue weighted by Crippen LogP contribution is -2.32. The summed E-state index contributed by atoms with van der Waals surface area (Å²) in [5.74, 6) is -1.35. The van der Waals surface area contributed by atoms with E-state index in [0.29, 0.717) is 18.7 Å². The third-order valence-electron chi connectivity index (χ3n) is 4.21. The summed E-state index contributed by atoms with van der Waals surface area (Å²) < 4.78 is 13.7. The number of hydrogen-bond donors (Lipinski definition) is 3. The number of halogens is 1. The van der Waals surface area contributed by atoms with Crippen molar-refractivity contribution in [1.82, 2.24) is 5.32 Å². The molecule has 1 aliphatic carbocycles. The normalized spacial score (nSPS) is 15.7. The molecule has 0 aromatic heterocycles. The van der Waals surface area contributed by atoms with Gasteiger partial charge in [-0.05, 0) is 50.0 Å². The van der Waals surface area contributed by atoms with Gasteiger partial charge in [-0.15, -0.1) is 0 Å². The average molecular weight is 373 g/mol. The summed E-state index contributed by atoms with van der Waals surface area (Å²) >= 11 is 0. The van der Waals surface area contributed by atoms with E-state index in [1.54, 1.807) is 0 Å². The molecule has 0 radical (unpaired) electrons. The summed E-state index contributed by atoms with van der Waals surface area (Å²) in [6.07, 6.45) is 8.40. The van der Waals surface area contributed by atoms with Crippen molar-refractivity contribution in [1.29, 1.82) is 0 Å². The van der Waals surface area contributed by atoms with Gasteiger partial charge in [-0.1, -0.05) is 18.7 Å². The van der Waals surface area contributed by atoms with Crippen LogP contribution in [0.15, 0.2) is 43.0 Å². The Labute approximate surface area is 157 Å². The summed E-state index contributed by atoms with van der Waals surface area (Å²) in [4.78, 5) is 35.3. The highest BCUT2D eigenvalue weighted by Gasteiger charge is 2.18. The summed E-state index contributed by atoms with van der Waals surface area (Å²) in [5, 5.41) is 7.84. The quantitative estimate of drug-likeness (QED) is 0.372. The first-order valence-electron chi connectivity index (χ1n) is 8.95. The second kappa shape index (κ2) is 10.3. The third kappa shape index (κ3) is 6.69. The number of amides is 3. The van der Waals surface area contributed by atoms with Gasteiger partial charge in [0.25, 0.3) is 0 Å². The fraction of sp³-hybridized carbons (Fsp3) is 0.350. The second-order valence-corrected chi connectivity index (χ2v) is 6.31. The lowest BCUT2D eigenvalue weighted by atomic mass is 9.94. The topological polar surface area (TPSA) is 87.3 Å². The predicted molar refractivity (Wildman–Crippen MR) is 103 cm³/mol. The van der Waals surface area contributed by atoms with Gasteiger partial charge in [0, 0.05) is 24.6 Å². The van der Waals surface area contributed by atoms with Crippen molar-refractivity contribution in [3.8, 4) is 0 Å². The molecule has 1 unspecified atom stereocenters. The molecule has 0 fully saturated rings. The SMILES string of the molecule is C=CC(=O)Nc1cc(NC(=O)CCCNC(=O)C2CC=CCC2)ccc1F. The fourth-order valence-corrected chi connectivity index (χ4v) is 2.74. The molecule has 3 N–H and O–H groups in total. The van der Waals surface area contributed by atoms with Crippen LogP contribution in [0.3, 0.4) is 0 Å². The van der Waals surface area contributed by atoms with Gasteiger partial charge in [0.05, 0.1) is 5.69 Å². The standard InChI is InChI=1S/C20H24FN3O3/c1-2-18(25)24-17-13-15(10-11-16(17)21)23-19(26)9-6-12-22-20(27)14-7-4-3-5-8-14/h2-4,10-11,13-14H,1,5-9,12H2,(H,22,27)(H,23,26)(H,24,25). The first kappa shape index (κ1) is 20.4. The van der Waals surface area contributed by atoms with E-state index in [1.807, 2.05) is 6.08 Å². The van der Waals surface area contributed by atoms with E-state index in [0.717, 1.165) is 31.4 Å². The van der Waals surface area contributed by atoms with Crippen LogP contribution in [-0.4, -0.2) is 24.3 Å². The maximum atomic E-state index is 13.7. The lowest BCUT2D eigenvalue weighted by Gasteiger charge is -2.17. The molecule has 3 amide bonds. The van der Waals surface area contributed by atoms with Crippen LogP contribution in [0.25, 0.3) is 0 Å². The Balaban J connectivity index is 1.74. The number of carbonyl (C=O) groups excluding carboxylic acids is 3. The van der Waals surface area contributed by atoms with E-state index < -0.39 is 11.7 Å². The van der Waals surface area contributed by atoms with Gasteiger partial charge in [-0.2, -0.15) is 0 Å². The molecule has 1 aliphatic rings. The molecule has 0 heterocycles. The monoisotopic (exact) mass is 373 g/mol. The molecule has 27 heavy (non-hydrogen) atoms. The zero-order valence-corrected chi connectivity index (χ0v) is 15.1. The third-order valence-corrected chi connectivity index (χ3v) is 4.21. The van der Waals surface area contributed by atoms with Gasteiger partial charge in [-0.3, -0.25) is 14.4 Å². The lowest BCUT2D eigenvalue weighted by molar-refractivity contribution is -0.125. The van der Waals surface area contributed by atoms with Crippen LogP contribution in [0.1, 0.15) is 32.1 Å². The Bertz CT molecular complexity index is 746. The van der Waals surface area contributed by atoms with Crippen molar-refractivity contribution in [3.63, 3.8) is 0 Å². The van der Waals surface area contributed by atoms with Gasteiger partial charge < -0.3 is 16.0 Å². The van der Waals surface area contributed by atoms with E-state index in [1.165, 1.54) is 12.1 Å². The zero-order valence-electron chi connectivity index (χ0n) is 15.1. The zero-order chi connectivity index (χ0) is 19.6. The molecule has 0 spiro atoms.